The van der Waals surface area contributed by atoms with Crippen molar-refractivity contribution in [1.82, 2.24) is 10.2 Å². The van der Waals surface area contributed by atoms with Gasteiger partial charge in [-0.3, -0.25) is 9.69 Å². The van der Waals surface area contributed by atoms with E-state index >= 15 is 0 Å². The highest BCUT2D eigenvalue weighted by molar-refractivity contribution is 6.34. The Morgan fingerprint density at radius 1 is 1.21 bits per heavy atom. The van der Waals surface area contributed by atoms with E-state index in [1.165, 1.54) is 6.07 Å². The molecule has 2 aromatic rings. The third-order valence-corrected chi connectivity index (χ3v) is 5.77. The number of piperidine rings is 1. The lowest BCUT2D eigenvalue weighted by atomic mass is 9.96. The zero-order chi connectivity index (χ0) is 20.8. The molecular weight excluding hydrogens is 414 g/mol. The van der Waals surface area contributed by atoms with Crippen LogP contribution in [0.15, 0.2) is 36.4 Å². The number of nitrogens with one attached hydrogen (secondary N) is 1. The predicted octanol–water partition coefficient (Wildman–Crippen LogP) is 4.85. The zero-order valence-electron chi connectivity index (χ0n) is 16.4. The van der Waals surface area contributed by atoms with Crippen molar-refractivity contribution in [3.05, 3.63) is 63.4 Å². The summed E-state index contributed by atoms with van der Waals surface area (Å²) in [5.41, 5.74) is 1.38. The summed E-state index contributed by atoms with van der Waals surface area (Å²) in [7, 11) is 0. The van der Waals surface area contributed by atoms with Gasteiger partial charge in [0, 0.05) is 30.1 Å². The predicted molar refractivity (Wildman–Crippen MR) is 114 cm³/mol. The lowest BCUT2D eigenvalue weighted by Gasteiger charge is -2.31. The SMILES string of the molecule is Cc1ccc(CNC(=O)C2CCN(CCOc3cc(Cl)ccc3Cl)CC2)cc1F. The van der Waals surface area contributed by atoms with Crippen LogP contribution >= 0.6 is 23.2 Å². The van der Waals surface area contributed by atoms with Gasteiger partial charge in [-0.25, -0.2) is 4.39 Å². The number of benzene rings is 2. The monoisotopic (exact) mass is 438 g/mol. The van der Waals surface area contributed by atoms with Crippen LogP contribution in [0.2, 0.25) is 10.0 Å². The molecule has 156 valence electrons. The summed E-state index contributed by atoms with van der Waals surface area (Å²) in [6, 6.07) is 10.2. The molecule has 7 heteroatoms. The van der Waals surface area contributed by atoms with Gasteiger partial charge in [-0.2, -0.15) is 0 Å². The van der Waals surface area contributed by atoms with Crippen molar-refractivity contribution in [2.75, 3.05) is 26.2 Å². The molecular formula is C22H25Cl2FN2O2. The molecule has 0 aliphatic carbocycles. The number of carbonyl (C=O) groups excluding carboxylic acids is 1. The van der Waals surface area contributed by atoms with Crippen LogP contribution in [0.4, 0.5) is 4.39 Å². The van der Waals surface area contributed by atoms with E-state index in [2.05, 4.69) is 10.2 Å². The van der Waals surface area contributed by atoms with E-state index in [0.717, 1.165) is 38.0 Å². The molecule has 0 bridgehead atoms. The number of carbonyl (C=O) groups is 1. The molecule has 1 aliphatic rings. The van der Waals surface area contributed by atoms with Crippen molar-refractivity contribution in [3.63, 3.8) is 0 Å². The molecule has 4 nitrogen and oxygen atoms in total. The number of likely N-dealkylation sites (tertiary alicyclic amines) is 1. The maximum absolute atomic E-state index is 13.6. The molecule has 0 aromatic heterocycles. The van der Waals surface area contributed by atoms with Crippen LogP contribution in [-0.2, 0) is 11.3 Å². The molecule has 0 unspecified atom stereocenters. The van der Waals surface area contributed by atoms with Crippen molar-refractivity contribution in [2.45, 2.75) is 26.3 Å². The average molecular weight is 439 g/mol. The Kier molecular flexibility index (Phi) is 7.76. The van der Waals surface area contributed by atoms with E-state index in [1.807, 2.05) is 6.07 Å². The van der Waals surface area contributed by atoms with Crippen molar-refractivity contribution in [3.8, 4) is 5.75 Å². The van der Waals surface area contributed by atoms with E-state index in [9.17, 15) is 9.18 Å². The second kappa shape index (κ2) is 10.3. The Balaban J connectivity index is 1.37. The quantitative estimate of drug-likeness (QED) is 0.671. The number of amides is 1. The van der Waals surface area contributed by atoms with Gasteiger partial charge in [-0.05, 0) is 62.2 Å². The van der Waals surface area contributed by atoms with Gasteiger partial charge in [0.2, 0.25) is 5.91 Å². The zero-order valence-corrected chi connectivity index (χ0v) is 17.9. The van der Waals surface area contributed by atoms with Gasteiger partial charge >= 0.3 is 0 Å². The molecule has 29 heavy (non-hydrogen) atoms. The Morgan fingerprint density at radius 2 is 1.97 bits per heavy atom. The van der Waals surface area contributed by atoms with Gasteiger partial charge in [-0.15, -0.1) is 0 Å². The number of aryl methyl sites for hydroxylation is 1. The van der Waals surface area contributed by atoms with E-state index in [4.69, 9.17) is 27.9 Å². The minimum atomic E-state index is -0.244. The first kappa shape index (κ1) is 21.9. The first-order valence-corrected chi connectivity index (χ1v) is 10.5. The summed E-state index contributed by atoms with van der Waals surface area (Å²) < 4.78 is 19.3. The van der Waals surface area contributed by atoms with Crippen LogP contribution < -0.4 is 10.1 Å². The number of ether oxygens (including phenoxy) is 1. The van der Waals surface area contributed by atoms with Crippen molar-refractivity contribution < 1.29 is 13.9 Å². The Morgan fingerprint density at radius 3 is 2.69 bits per heavy atom. The van der Waals surface area contributed by atoms with Crippen molar-refractivity contribution in [2.24, 2.45) is 5.92 Å². The lowest BCUT2D eigenvalue weighted by molar-refractivity contribution is -0.126. The summed E-state index contributed by atoms with van der Waals surface area (Å²) in [6.07, 6.45) is 1.60. The number of halogens is 3. The van der Waals surface area contributed by atoms with Crippen molar-refractivity contribution >= 4 is 29.1 Å². The fraction of sp³-hybridized carbons (Fsp3) is 0.409. The topological polar surface area (TPSA) is 41.6 Å². The maximum atomic E-state index is 13.6. The fourth-order valence-electron chi connectivity index (χ4n) is 3.37. The molecule has 2 aromatic carbocycles. The highest BCUT2D eigenvalue weighted by atomic mass is 35.5. The second-order valence-corrected chi connectivity index (χ2v) is 8.18. The lowest BCUT2D eigenvalue weighted by Crippen LogP contribution is -2.41. The number of hydrogen-bond donors (Lipinski definition) is 1. The van der Waals surface area contributed by atoms with Gasteiger partial charge in [-0.1, -0.05) is 35.3 Å². The van der Waals surface area contributed by atoms with Gasteiger partial charge in [0.1, 0.15) is 18.2 Å². The molecule has 0 atom stereocenters. The maximum Gasteiger partial charge on any atom is 0.223 e. The smallest absolute Gasteiger partial charge is 0.223 e. The molecule has 1 saturated heterocycles. The summed E-state index contributed by atoms with van der Waals surface area (Å²) in [4.78, 5) is 14.7. The van der Waals surface area contributed by atoms with Crippen molar-refractivity contribution in [1.29, 1.82) is 0 Å². The van der Waals surface area contributed by atoms with Gasteiger partial charge < -0.3 is 10.1 Å². The highest BCUT2D eigenvalue weighted by Gasteiger charge is 2.24. The fourth-order valence-corrected chi connectivity index (χ4v) is 3.71. The van der Waals surface area contributed by atoms with E-state index in [-0.39, 0.29) is 17.6 Å². The molecule has 1 fully saturated rings. The Labute approximate surface area is 180 Å². The molecule has 0 saturated carbocycles. The van der Waals surface area contributed by atoms with E-state index in [0.29, 0.717) is 34.5 Å². The minimum Gasteiger partial charge on any atom is -0.491 e. The Bertz CT molecular complexity index is 855. The first-order chi connectivity index (χ1) is 13.9. The Hall–Kier alpha value is -1.82. The summed E-state index contributed by atoms with van der Waals surface area (Å²) in [6.45, 7) is 5.02. The third kappa shape index (κ3) is 6.33. The summed E-state index contributed by atoms with van der Waals surface area (Å²) in [5, 5.41) is 4.06. The summed E-state index contributed by atoms with van der Waals surface area (Å²) >= 11 is 12.1. The molecule has 3 rings (SSSR count). The third-order valence-electron chi connectivity index (χ3n) is 5.22. The minimum absolute atomic E-state index is 0.00941. The molecule has 1 heterocycles. The normalized spacial score (nSPS) is 15.3. The highest BCUT2D eigenvalue weighted by Crippen LogP contribution is 2.27. The number of hydrogen-bond acceptors (Lipinski definition) is 3. The van der Waals surface area contributed by atoms with Gasteiger partial charge in [0.15, 0.2) is 0 Å². The van der Waals surface area contributed by atoms with Crippen LogP contribution in [0.25, 0.3) is 0 Å². The van der Waals surface area contributed by atoms with Crippen LogP contribution in [0.3, 0.4) is 0 Å². The summed E-state index contributed by atoms with van der Waals surface area (Å²) in [5.74, 6) is 0.366. The number of nitrogens with zero attached hydrogens (tertiary/aromatic N) is 1. The average Bonchev–Trinajstić information content (AvgIpc) is 2.71. The van der Waals surface area contributed by atoms with Crippen LogP contribution in [0.5, 0.6) is 5.75 Å². The largest absolute Gasteiger partial charge is 0.491 e. The van der Waals surface area contributed by atoms with Gasteiger partial charge in [0.25, 0.3) is 0 Å². The molecule has 0 radical (unpaired) electrons. The van der Waals surface area contributed by atoms with E-state index < -0.39 is 0 Å². The second-order valence-electron chi connectivity index (χ2n) is 7.34. The molecule has 1 aliphatic heterocycles. The van der Waals surface area contributed by atoms with Crippen LogP contribution in [0, 0.1) is 18.7 Å². The van der Waals surface area contributed by atoms with Gasteiger partial charge in [0.05, 0.1) is 5.02 Å². The molecule has 1 N–H and O–H groups in total. The molecule has 0 spiro atoms. The standard InChI is InChI=1S/C22H25Cl2FN2O2/c1-15-2-3-16(12-20(15)25)14-26-22(28)17-6-8-27(9-7-17)10-11-29-21-13-18(23)4-5-19(21)24/h2-5,12-13,17H,6-11,14H2,1H3,(H,26,28). The van der Waals surface area contributed by atoms with Crippen LogP contribution in [-0.4, -0.2) is 37.0 Å². The molecule has 1 amide bonds. The first-order valence-electron chi connectivity index (χ1n) is 9.75. The van der Waals surface area contributed by atoms with Crippen LogP contribution in [0.1, 0.15) is 24.0 Å². The number of rotatable bonds is 7. The van der Waals surface area contributed by atoms with E-state index in [1.54, 1.807) is 31.2 Å².